The van der Waals surface area contributed by atoms with Crippen LogP contribution in [0.3, 0.4) is 0 Å². The molecule has 0 saturated carbocycles. The van der Waals surface area contributed by atoms with E-state index in [0.717, 1.165) is 0 Å². The number of imide groups is 1. The van der Waals surface area contributed by atoms with Gasteiger partial charge in [0, 0.05) is 13.1 Å². The van der Waals surface area contributed by atoms with Crippen LogP contribution in [0.5, 0.6) is 0 Å². The summed E-state index contributed by atoms with van der Waals surface area (Å²) < 4.78 is 0. The van der Waals surface area contributed by atoms with Crippen molar-refractivity contribution in [2.75, 3.05) is 13.1 Å². The molecule has 1 aromatic heterocycles. The van der Waals surface area contributed by atoms with E-state index >= 15 is 0 Å². The fourth-order valence-corrected chi connectivity index (χ4v) is 3.95. The quantitative estimate of drug-likeness (QED) is 0.671. The van der Waals surface area contributed by atoms with Gasteiger partial charge in [0.25, 0.3) is 11.8 Å². The molecule has 1 atom stereocenters. The van der Waals surface area contributed by atoms with Gasteiger partial charge < -0.3 is 15.5 Å². The van der Waals surface area contributed by atoms with Crippen molar-refractivity contribution in [3.05, 3.63) is 22.4 Å². The lowest BCUT2D eigenvalue weighted by Crippen LogP contribution is -2.59. The Morgan fingerprint density at radius 2 is 1.96 bits per heavy atom. The van der Waals surface area contributed by atoms with E-state index in [9.17, 15) is 19.2 Å². The third kappa shape index (κ3) is 3.44. The minimum absolute atomic E-state index is 0.0724. The Labute approximate surface area is 155 Å². The number of likely N-dealkylation sites (tertiary alicyclic amines) is 1. The third-order valence-corrected chi connectivity index (χ3v) is 5.78. The van der Waals surface area contributed by atoms with Gasteiger partial charge in [-0.05, 0) is 30.2 Å². The maximum atomic E-state index is 12.9. The smallest absolute Gasteiger partial charge is 0.322 e. The summed E-state index contributed by atoms with van der Waals surface area (Å²) in [5, 5.41) is 9.57. The molecule has 1 spiro atoms. The number of nitrogens with zero attached hydrogens (tertiary/aromatic N) is 1. The molecule has 2 fully saturated rings. The minimum atomic E-state index is -0.915. The number of carbonyl (C=O) groups is 4. The molecule has 2 aliphatic heterocycles. The highest BCUT2D eigenvalue weighted by Gasteiger charge is 2.48. The molecule has 5 amide bonds. The molecule has 9 heteroatoms. The molecule has 0 aliphatic carbocycles. The average Bonchev–Trinajstić information content (AvgIpc) is 3.21. The van der Waals surface area contributed by atoms with Crippen LogP contribution in [0.2, 0.25) is 0 Å². The van der Waals surface area contributed by atoms with Crippen LogP contribution in [0, 0.1) is 5.92 Å². The molecule has 0 bridgehead atoms. The summed E-state index contributed by atoms with van der Waals surface area (Å²) in [5.74, 6) is -0.828. The summed E-state index contributed by atoms with van der Waals surface area (Å²) in [6.45, 7) is 4.47. The highest BCUT2D eigenvalue weighted by atomic mass is 32.1. The van der Waals surface area contributed by atoms with Crippen molar-refractivity contribution < 1.29 is 19.2 Å². The zero-order chi connectivity index (χ0) is 18.9. The van der Waals surface area contributed by atoms with Gasteiger partial charge in [-0.1, -0.05) is 19.9 Å². The molecule has 140 valence electrons. The highest BCUT2D eigenvalue weighted by Crippen LogP contribution is 2.26. The van der Waals surface area contributed by atoms with Crippen molar-refractivity contribution in [1.29, 1.82) is 0 Å². The largest absolute Gasteiger partial charge is 0.341 e. The molecule has 3 heterocycles. The maximum Gasteiger partial charge on any atom is 0.322 e. The van der Waals surface area contributed by atoms with Crippen molar-refractivity contribution in [2.24, 2.45) is 5.92 Å². The third-order valence-electron chi connectivity index (χ3n) is 4.91. The lowest BCUT2D eigenvalue weighted by molar-refractivity contribution is -0.138. The SMILES string of the molecule is CC(C)[C@@H](NC(=O)c1cccs1)C(=O)N1CCC2(CC1)NC(=O)NC2=O. The van der Waals surface area contributed by atoms with Crippen molar-refractivity contribution in [3.8, 4) is 0 Å². The molecule has 0 radical (unpaired) electrons. The summed E-state index contributed by atoms with van der Waals surface area (Å²) >= 11 is 1.32. The molecular weight excluding hydrogens is 356 g/mol. The number of nitrogens with one attached hydrogen (secondary N) is 3. The maximum absolute atomic E-state index is 12.9. The first-order valence-electron chi connectivity index (χ1n) is 8.59. The minimum Gasteiger partial charge on any atom is -0.341 e. The van der Waals surface area contributed by atoms with E-state index in [1.807, 2.05) is 19.2 Å². The second-order valence-electron chi connectivity index (χ2n) is 6.99. The molecular formula is C17H22N4O4S. The molecule has 0 unspecified atom stereocenters. The predicted octanol–water partition coefficient (Wildman–Crippen LogP) is 0.703. The predicted molar refractivity (Wildman–Crippen MR) is 95.6 cm³/mol. The normalized spacial score (nSPS) is 20.0. The summed E-state index contributed by atoms with van der Waals surface area (Å²) in [5.41, 5.74) is -0.915. The van der Waals surface area contributed by atoms with Gasteiger partial charge in [-0.2, -0.15) is 0 Å². The van der Waals surface area contributed by atoms with Crippen LogP contribution in [0.15, 0.2) is 17.5 Å². The van der Waals surface area contributed by atoms with Gasteiger partial charge in [0.05, 0.1) is 4.88 Å². The molecule has 0 aromatic carbocycles. The monoisotopic (exact) mass is 378 g/mol. The van der Waals surface area contributed by atoms with Gasteiger partial charge in [0.2, 0.25) is 5.91 Å². The first-order chi connectivity index (χ1) is 12.3. The van der Waals surface area contributed by atoms with Gasteiger partial charge in [-0.15, -0.1) is 11.3 Å². The van der Waals surface area contributed by atoms with Gasteiger partial charge in [-0.3, -0.25) is 19.7 Å². The van der Waals surface area contributed by atoms with E-state index in [0.29, 0.717) is 30.8 Å². The summed E-state index contributed by atoms with van der Waals surface area (Å²) in [4.78, 5) is 50.9. The Hall–Kier alpha value is -2.42. The lowest BCUT2D eigenvalue weighted by Gasteiger charge is -2.39. The van der Waals surface area contributed by atoms with Crippen LogP contribution in [0.25, 0.3) is 0 Å². The molecule has 2 saturated heterocycles. The molecule has 3 rings (SSSR count). The topological polar surface area (TPSA) is 108 Å². The number of hydrogen-bond acceptors (Lipinski definition) is 5. The number of amides is 5. The second-order valence-corrected chi connectivity index (χ2v) is 7.94. The molecule has 2 aliphatic rings. The van der Waals surface area contributed by atoms with Crippen LogP contribution >= 0.6 is 11.3 Å². The molecule has 8 nitrogen and oxygen atoms in total. The van der Waals surface area contributed by atoms with Gasteiger partial charge in [-0.25, -0.2) is 4.79 Å². The summed E-state index contributed by atoms with van der Waals surface area (Å²) in [6.07, 6.45) is 0.722. The second kappa shape index (κ2) is 7.06. The zero-order valence-electron chi connectivity index (χ0n) is 14.7. The number of piperidine rings is 1. The first kappa shape index (κ1) is 18.4. The summed E-state index contributed by atoms with van der Waals surface area (Å²) in [7, 11) is 0. The van der Waals surface area contributed by atoms with E-state index in [4.69, 9.17) is 0 Å². The van der Waals surface area contributed by atoms with Crippen molar-refractivity contribution in [2.45, 2.75) is 38.3 Å². The number of rotatable bonds is 4. The van der Waals surface area contributed by atoms with E-state index in [1.165, 1.54) is 11.3 Å². The highest BCUT2D eigenvalue weighted by molar-refractivity contribution is 7.12. The first-order valence-corrected chi connectivity index (χ1v) is 9.47. The van der Waals surface area contributed by atoms with Crippen LogP contribution in [0.4, 0.5) is 4.79 Å². The van der Waals surface area contributed by atoms with Crippen LogP contribution in [-0.2, 0) is 9.59 Å². The lowest BCUT2D eigenvalue weighted by atomic mass is 9.87. The van der Waals surface area contributed by atoms with Crippen LogP contribution in [0.1, 0.15) is 36.4 Å². The van der Waals surface area contributed by atoms with Crippen molar-refractivity contribution in [3.63, 3.8) is 0 Å². The Balaban J connectivity index is 1.64. The number of hydrogen-bond donors (Lipinski definition) is 3. The Morgan fingerprint density at radius 3 is 2.46 bits per heavy atom. The van der Waals surface area contributed by atoms with Crippen LogP contribution < -0.4 is 16.0 Å². The Kier molecular flexibility index (Phi) is 4.99. The van der Waals surface area contributed by atoms with Crippen LogP contribution in [-0.4, -0.2) is 53.3 Å². The van der Waals surface area contributed by atoms with E-state index < -0.39 is 17.6 Å². The van der Waals surface area contributed by atoms with Gasteiger partial charge in [0.15, 0.2) is 0 Å². The van der Waals surface area contributed by atoms with E-state index in [1.54, 1.807) is 17.0 Å². The van der Waals surface area contributed by atoms with Crippen molar-refractivity contribution in [1.82, 2.24) is 20.9 Å². The molecule has 1 aromatic rings. The van der Waals surface area contributed by atoms with E-state index in [2.05, 4.69) is 16.0 Å². The zero-order valence-corrected chi connectivity index (χ0v) is 15.5. The fourth-order valence-electron chi connectivity index (χ4n) is 3.32. The van der Waals surface area contributed by atoms with Gasteiger partial charge >= 0.3 is 6.03 Å². The standard InChI is InChI=1S/C17H22N4O4S/c1-10(2)12(18-13(22)11-4-3-9-26-11)14(23)21-7-5-17(6-8-21)15(24)19-16(25)20-17/h3-4,9-10,12H,5-8H2,1-2H3,(H,18,22)(H2,19,20,24,25)/t12-/m1/s1. The van der Waals surface area contributed by atoms with Crippen molar-refractivity contribution >= 4 is 35.1 Å². The number of thiophene rings is 1. The summed E-state index contributed by atoms with van der Waals surface area (Å²) in [6, 6.07) is 2.38. The average molecular weight is 378 g/mol. The Morgan fingerprint density at radius 1 is 1.27 bits per heavy atom. The molecule has 26 heavy (non-hydrogen) atoms. The number of urea groups is 1. The Bertz CT molecular complexity index is 723. The fraction of sp³-hybridized carbons (Fsp3) is 0.529. The van der Waals surface area contributed by atoms with Gasteiger partial charge in [0.1, 0.15) is 11.6 Å². The van der Waals surface area contributed by atoms with E-state index in [-0.39, 0.29) is 23.6 Å². The molecule has 3 N–H and O–H groups in total. The number of carbonyl (C=O) groups excluding carboxylic acids is 4.